The molecule has 0 aliphatic rings. The largest absolute Gasteiger partial charge is 0.373 e. The highest BCUT2D eigenvalue weighted by molar-refractivity contribution is 6.04. The Bertz CT molecular complexity index is 534. The highest BCUT2D eigenvalue weighted by Gasteiger charge is 2.08. The fraction of sp³-hybridized carbons (Fsp3) is 0.182. The number of aryl methyl sites for hydroxylation is 1. The first-order valence-electron chi connectivity index (χ1n) is 5.14. The van der Waals surface area contributed by atoms with Crippen LogP contribution in [0.2, 0.25) is 0 Å². The number of carbonyl (C=O) groups is 1. The van der Waals surface area contributed by atoms with Gasteiger partial charge in [-0.1, -0.05) is 0 Å². The van der Waals surface area contributed by atoms with E-state index in [4.69, 9.17) is 0 Å². The zero-order valence-electron chi connectivity index (χ0n) is 9.64. The molecule has 0 saturated carbocycles. The lowest BCUT2D eigenvalue weighted by Crippen LogP contribution is -2.14. The van der Waals surface area contributed by atoms with Gasteiger partial charge in [-0.25, -0.2) is 4.98 Å². The van der Waals surface area contributed by atoms with Gasteiger partial charge in [0.1, 0.15) is 11.6 Å². The fourth-order valence-electron chi connectivity index (χ4n) is 1.39. The normalized spacial score (nSPS) is 10.0. The lowest BCUT2D eigenvalue weighted by molar-refractivity contribution is 0.102. The van der Waals surface area contributed by atoms with Crippen molar-refractivity contribution in [2.45, 2.75) is 0 Å². The molecule has 0 saturated heterocycles. The Balaban J connectivity index is 2.17. The van der Waals surface area contributed by atoms with Gasteiger partial charge in [0.05, 0.1) is 6.20 Å². The van der Waals surface area contributed by atoms with E-state index in [0.717, 1.165) is 0 Å². The molecule has 0 aromatic carbocycles. The van der Waals surface area contributed by atoms with Gasteiger partial charge in [-0.15, -0.1) is 0 Å². The van der Waals surface area contributed by atoms with Gasteiger partial charge in [-0.05, 0) is 12.1 Å². The van der Waals surface area contributed by atoms with Crippen molar-refractivity contribution >= 4 is 17.5 Å². The zero-order valence-corrected chi connectivity index (χ0v) is 9.64. The van der Waals surface area contributed by atoms with Crippen LogP contribution in [0.4, 0.5) is 11.6 Å². The molecule has 2 aromatic heterocycles. The first-order valence-corrected chi connectivity index (χ1v) is 5.14. The van der Waals surface area contributed by atoms with E-state index in [-0.39, 0.29) is 5.91 Å². The maximum Gasteiger partial charge on any atom is 0.256 e. The third kappa shape index (κ3) is 2.41. The Hall–Kier alpha value is -2.37. The number of carbonyl (C=O) groups excluding carboxylic acids is 1. The molecule has 0 fully saturated rings. The lowest BCUT2D eigenvalue weighted by atomic mass is 10.2. The summed E-state index contributed by atoms with van der Waals surface area (Å²) in [5.74, 6) is 1.12. The van der Waals surface area contributed by atoms with E-state index in [0.29, 0.717) is 17.2 Å². The average Bonchev–Trinajstić information content (AvgIpc) is 2.75. The number of hydrogen-bond acceptors (Lipinski definition) is 4. The summed E-state index contributed by atoms with van der Waals surface area (Å²) in [7, 11) is 3.52. The molecule has 2 aromatic rings. The van der Waals surface area contributed by atoms with Crippen LogP contribution in [0.5, 0.6) is 0 Å². The van der Waals surface area contributed by atoms with Crippen LogP contribution in [-0.2, 0) is 7.05 Å². The molecule has 6 heteroatoms. The Kier molecular flexibility index (Phi) is 3.04. The molecule has 0 atom stereocenters. The second-order valence-corrected chi connectivity index (χ2v) is 3.47. The zero-order chi connectivity index (χ0) is 12.3. The van der Waals surface area contributed by atoms with Crippen molar-refractivity contribution in [1.29, 1.82) is 0 Å². The van der Waals surface area contributed by atoms with Crippen molar-refractivity contribution in [2.75, 3.05) is 17.7 Å². The van der Waals surface area contributed by atoms with Crippen LogP contribution in [-0.4, -0.2) is 27.7 Å². The molecule has 0 bridgehead atoms. The smallest absolute Gasteiger partial charge is 0.256 e. The van der Waals surface area contributed by atoms with E-state index in [9.17, 15) is 4.79 Å². The van der Waals surface area contributed by atoms with Crippen molar-refractivity contribution < 1.29 is 4.79 Å². The average molecular weight is 231 g/mol. The quantitative estimate of drug-likeness (QED) is 0.830. The summed E-state index contributed by atoms with van der Waals surface area (Å²) in [6, 6.07) is 5.08. The van der Waals surface area contributed by atoms with Crippen LogP contribution in [0.25, 0.3) is 0 Å². The molecule has 88 valence electrons. The molecular formula is C11H13N5O. The van der Waals surface area contributed by atoms with Gasteiger partial charge in [0.15, 0.2) is 0 Å². The van der Waals surface area contributed by atoms with E-state index in [1.54, 1.807) is 49.4 Å². The minimum absolute atomic E-state index is 0.187. The molecule has 0 radical (unpaired) electrons. The molecule has 2 heterocycles. The van der Waals surface area contributed by atoms with Crippen molar-refractivity contribution in [3.05, 3.63) is 36.2 Å². The highest BCUT2D eigenvalue weighted by atomic mass is 16.1. The maximum absolute atomic E-state index is 11.9. The number of anilines is 2. The van der Waals surface area contributed by atoms with Crippen LogP contribution >= 0.6 is 0 Å². The Morgan fingerprint density at radius 2 is 2.18 bits per heavy atom. The van der Waals surface area contributed by atoms with Crippen molar-refractivity contribution in [3.63, 3.8) is 0 Å². The monoisotopic (exact) mass is 231 g/mol. The SMILES string of the molecule is CNc1cc(C(=O)Nc2ccnn2C)ccn1. The van der Waals surface area contributed by atoms with Crippen molar-refractivity contribution in [1.82, 2.24) is 14.8 Å². The first kappa shape index (κ1) is 11.1. The minimum Gasteiger partial charge on any atom is -0.373 e. The molecule has 0 unspecified atom stereocenters. The maximum atomic E-state index is 11.9. The molecule has 0 aliphatic carbocycles. The number of rotatable bonds is 3. The number of pyridine rings is 1. The van der Waals surface area contributed by atoms with Gasteiger partial charge in [0.25, 0.3) is 5.91 Å². The molecule has 1 amide bonds. The highest BCUT2D eigenvalue weighted by Crippen LogP contribution is 2.10. The van der Waals surface area contributed by atoms with Crippen LogP contribution in [0.3, 0.4) is 0 Å². The third-order valence-electron chi connectivity index (χ3n) is 2.34. The molecule has 0 aliphatic heterocycles. The molecule has 2 rings (SSSR count). The Labute approximate surface area is 98.7 Å². The summed E-state index contributed by atoms with van der Waals surface area (Å²) in [6.45, 7) is 0. The van der Waals surface area contributed by atoms with Gasteiger partial charge in [-0.3, -0.25) is 9.48 Å². The summed E-state index contributed by atoms with van der Waals surface area (Å²) in [6.07, 6.45) is 3.21. The van der Waals surface area contributed by atoms with E-state index >= 15 is 0 Å². The van der Waals surface area contributed by atoms with Gasteiger partial charge in [0, 0.05) is 31.9 Å². The van der Waals surface area contributed by atoms with E-state index in [1.165, 1.54) is 0 Å². The summed E-state index contributed by atoms with van der Waals surface area (Å²) >= 11 is 0. The summed E-state index contributed by atoms with van der Waals surface area (Å²) in [5, 5.41) is 9.62. The summed E-state index contributed by atoms with van der Waals surface area (Å²) in [5.41, 5.74) is 0.547. The summed E-state index contributed by atoms with van der Waals surface area (Å²) < 4.78 is 1.60. The predicted molar refractivity (Wildman–Crippen MR) is 64.9 cm³/mol. The molecule has 17 heavy (non-hydrogen) atoms. The van der Waals surface area contributed by atoms with Crippen molar-refractivity contribution in [2.24, 2.45) is 7.05 Å². The third-order valence-corrected chi connectivity index (χ3v) is 2.34. The number of hydrogen-bond donors (Lipinski definition) is 2. The second kappa shape index (κ2) is 4.65. The standard InChI is InChI=1S/C11H13N5O/c1-12-9-7-8(3-5-13-9)11(17)15-10-4-6-14-16(10)2/h3-7H,1-2H3,(H,12,13)(H,15,17). The van der Waals surface area contributed by atoms with Gasteiger partial charge in [0.2, 0.25) is 0 Å². The van der Waals surface area contributed by atoms with Gasteiger partial charge >= 0.3 is 0 Å². The lowest BCUT2D eigenvalue weighted by Gasteiger charge is -2.06. The summed E-state index contributed by atoms with van der Waals surface area (Å²) in [4.78, 5) is 16.0. The van der Waals surface area contributed by atoms with E-state index < -0.39 is 0 Å². The van der Waals surface area contributed by atoms with E-state index in [2.05, 4.69) is 20.7 Å². The van der Waals surface area contributed by atoms with Crippen molar-refractivity contribution in [3.8, 4) is 0 Å². The molecule has 0 spiro atoms. The number of amides is 1. The number of nitrogens with one attached hydrogen (secondary N) is 2. The van der Waals surface area contributed by atoms with E-state index in [1.807, 2.05) is 0 Å². The predicted octanol–water partition coefficient (Wildman–Crippen LogP) is 1.11. The molecular weight excluding hydrogens is 218 g/mol. The van der Waals surface area contributed by atoms with Gasteiger partial charge in [-0.2, -0.15) is 5.10 Å². The van der Waals surface area contributed by atoms with Crippen LogP contribution in [0.1, 0.15) is 10.4 Å². The van der Waals surface area contributed by atoms with Crippen LogP contribution < -0.4 is 10.6 Å². The second-order valence-electron chi connectivity index (χ2n) is 3.47. The number of aromatic nitrogens is 3. The van der Waals surface area contributed by atoms with Gasteiger partial charge < -0.3 is 10.6 Å². The Morgan fingerprint density at radius 1 is 1.35 bits per heavy atom. The fourth-order valence-corrected chi connectivity index (χ4v) is 1.39. The van der Waals surface area contributed by atoms with Crippen LogP contribution in [0.15, 0.2) is 30.6 Å². The molecule has 2 N–H and O–H groups in total. The number of nitrogens with zero attached hydrogens (tertiary/aromatic N) is 3. The minimum atomic E-state index is -0.187. The molecule has 6 nitrogen and oxygen atoms in total. The Morgan fingerprint density at radius 3 is 2.82 bits per heavy atom. The van der Waals surface area contributed by atoms with Crippen LogP contribution in [0, 0.1) is 0 Å². The first-order chi connectivity index (χ1) is 8.20. The topological polar surface area (TPSA) is 71.8 Å².